The summed E-state index contributed by atoms with van der Waals surface area (Å²) in [5, 5.41) is 3.61. The van der Waals surface area contributed by atoms with Crippen LogP contribution in [0.1, 0.15) is 31.0 Å². The van der Waals surface area contributed by atoms with Crippen LogP contribution in [0.3, 0.4) is 0 Å². The predicted octanol–water partition coefficient (Wildman–Crippen LogP) is 3.78. The zero-order valence-electron chi connectivity index (χ0n) is 11.8. The minimum absolute atomic E-state index is 0.215. The maximum Gasteiger partial charge on any atom is 0.118 e. The van der Waals surface area contributed by atoms with E-state index in [1.807, 2.05) is 18.2 Å². The van der Waals surface area contributed by atoms with Gasteiger partial charge in [-0.05, 0) is 37.1 Å². The van der Waals surface area contributed by atoms with Crippen LogP contribution in [-0.2, 0) is 0 Å². The molecule has 2 nitrogen and oxygen atoms in total. The number of hydrogen-bond acceptors (Lipinski definition) is 2. The number of hydrogen-bond donors (Lipinski definition) is 1. The van der Waals surface area contributed by atoms with E-state index >= 15 is 0 Å². The van der Waals surface area contributed by atoms with E-state index in [0.29, 0.717) is 6.04 Å². The van der Waals surface area contributed by atoms with Crippen LogP contribution in [0.4, 0.5) is 0 Å². The van der Waals surface area contributed by atoms with Gasteiger partial charge in [0, 0.05) is 6.04 Å². The lowest BCUT2D eigenvalue weighted by molar-refractivity contribution is 0.414. The van der Waals surface area contributed by atoms with Gasteiger partial charge in [0.05, 0.1) is 13.2 Å². The van der Waals surface area contributed by atoms with Crippen LogP contribution in [0.15, 0.2) is 54.6 Å². The van der Waals surface area contributed by atoms with E-state index in [-0.39, 0.29) is 6.04 Å². The molecule has 0 radical (unpaired) electrons. The highest BCUT2D eigenvalue weighted by atomic mass is 16.5. The van der Waals surface area contributed by atoms with Gasteiger partial charge >= 0.3 is 0 Å². The Kier molecular flexibility index (Phi) is 4.58. The van der Waals surface area contributed by atoms with Gasteiger partial charge in [-0.3, -0.25) is 0 Å². The standard InChI is InChI=1S/C17H21NO/c1-13(2)18-17(14-7-5-4-6-8-14)15-9-11-16(19-3)12-10-15/h4-13,17-18H,1-3H3/t17-/m1/s1. The van der Waals surface area contributed by atoms with Crippen LogP contribution in [0.25, 0.3) is 0 Å². The molecule has 1 N–H and O–H groups in total. The summed E-state index contributed by atoms with van der Waals surface area (Å²) in [6, 6.07) is 19.4. The minimum Gasteiger partial charge on any atom is -0.497 e. The van der Waals surface area contributed by atoms with Gasteiger partial charge in [-0.1, -0.05) is 42.5 Å². The van der Waals surface area contributed by atoms with Crippen molar-refractivity contribution in [3.63, 3.8) is 0 Å². The van der Waals surface area contributed by atoms with Crippen molar-refractivity contribution in [2.24, 2.45) is 0 Å². The number of ether oxygens (including phenoxy) is 1. The molecule has 2 aromatic carbocycles. The third-order valence-corrected chi connectivity index (χ3v) is 3.08. The molecule has 0 fully saturated rings. The van der Waals surface area contributed by atoms with Gasteiger partial charge in [0.25, 0.3) is 0 Å². The van der Waals surface area contributed by atoms with Crippen molar-refractivity contribution in [2.45, 2.75) is 25.9 Å². The quantitative estimate of drug-likeness (QED) is 0.878. The summed E-state index contributed by atoms with van der Waals surface area (Å²) in [7, 11) is 1.69. The lowest BCUT2D eigenvalue weighted by Crippen LogP contribution is -2.28. The highest BCUT2D eigenvalue weighted by Gasteiger charge is 2.14. The van der Waals surface area contributed by atoms with Crippen LogP contribution in [0.5, 0.6) is 5.75 Å². The van der Waals surface area contributed by atoms with Crippen molar-refractivity contribution in [3.8, 4) is 5.75 Å². The Morgan fingerprint density at radius 3 is 1.95 bits per heavy atom. The first-order chi connectivity index (χ1) is 9.20. The van der Waals surface area contributed by atoms with Crippen LogP contribution in [0, 0.1) is 0 Å². The lowest BCUT2D eigenvalue weighted by Gasteiger charge is -2.22. The van der Waals surface area contributed by atoms with E-state index in [2.05, 4.69) is 55.6 Å². The van der Waals surface area contributed by atoms with Gasteiger partial charge in [-0.25, -0.2) is 0 Å². The lowest BCUT2D eigenvalue weighted by atomic mass is 9.98. The van der Waals surface area contributed by atoms with E-state index in [1.54, 1.807) is 7.11 Å². The summed E-state index contributed by atoms with van der Waals surface area (Å²) in [5.74, 6) is 0.889. The fourth-order valence-corrected chi connectivity index (χ4v) is 2.16. The summed E-state index contributed by atoms with van der Waals surface area (Å²) < 4.78 is 5.22. The molecule has 2 aromatic rings. The van der Waals surface area contributed by atoms with Gasteiger partial charge in [0.2, 0.25) is 0 Å². The number of rotatable bonds is 5. The average Bonchev–Trinajstić information content (AvgIpc) is 2.46. The van der Waals surface area contributed by atoms with Crippen molar-refractivity contribution in [1.29, 1.82) is 0 Å². The van der Waals surface area contributed by atoms with E-state index in [0.717, 1.165) is 5.75 Å². The van der Waals surface area contributed by atoms with Crippen LogP contribution >= 0.6 is 0 Å². The molecule has 0 saturated heterocycles. The van der Waals surface area contributed by atoms with Crippen molar-refractivity contribution in [3.05, 3.63) is 65.7 Å². The molecule has 0 amide bonds. The Bertz CT molecular complexity index is 490. The fourth-order valence-electron chi connectivity index (χ4n) is 2.16. The molecule has 19 heavy (non-hydrogen) atoms. The first kappa shape index (κ1) is 13.6. The minimum atomic E-state index is 0.215. The van der Waals surface area contributed by atoms with E-state index < -0.39 is 0 Å². The zero-order valence-corrected chi connectivity index (χ0v) is 11.8. The maximum atomic E-state index is 5.22. The fraction of sp³-hybridized carbons (Fsp3) is 0.294. The van der Waals surface area contributed by atoms with Crippen molar-refractivity contribution < 1.29 is 4.74 Å². The van der Waals surface area contributed by atoms with Gasteiger partial charge in [0.1, 0.15) is 5.75 Å². The van der Waals surface area contributed by atoms with Gasteiger partial charge in [-0.2, -0.15) is 0 Å². The summed E-state index contributed by atoms with van der Waals surface area (Å²) in [6.07, 6.45) is 0. The third kappa shape index (κ3) is 3.58. The van der Waals surface area contributed by atoms with Gasteiger partial charge in [0.15, 0.2) is 0 Å². The van der Waals surface area contributed by atoms with Crippen LogP contribution in [0.2, 0.25) is 0 Å². The van der Waals surface area contributed by atoms with Crippen molar-refractivity contribution in [2.75, 3.05) is 7.11 Å². The van der Waals surface area contributed by atoms with E-state index in [1.165, 1.54) is 11.1 Å². The molecule has 0 unspecified atom stereocenters. The summed E-state index contributed by atoms with van der Waals surface area (Å²) >= 11 is 0. The van der Waals surface area contributed by atoms with Crippen molar-refractivity contribution in [1.82, 2.24) is 5.32 Å². The third-order valence-electron chi connectivity index (χ3n) is 3.08. The average molecular weight is 255 g/mol. The Morgan fingerprint density at radius 2 is 1.42 bits per heavy atom. The SMILES string of the molecule is COc1ccc([C@H](NC(C)C)c2ccccc2)cc1. The number of nitrogens with one attached hydrogen (secondary N) is 1. The Balaban J connectivity index is 2.31. The molecule has 0 aliphatic heterocycles. The van der Waals surface area contributed by atoms with E-state index in [4.69, 9.17) is 4.74 Å². The molecule has 0 aromatic heterocycles. The maximum absolute atomic E-state index is 5.22. The van der Waals surface area contributed by atoms with E-state index in [9.17, 15) is 0 Å². The number of benzene rings is 2. The molecular formula is C17H21NO. The second-order valence-corrected chi connectivity index (χ2v) is 4.94. The topological polar surface area (TPSA) is 21.3 Å². The van der Waals surface area contributed by atoms with Crippen LogP contribution in [-0.4, -0.2) is 13.2 Å². The molecular weight excluding hydrogens is 234 g/mol. The Hall–Kier alpha value is -1.80. The molecule has 0 bridgehead atoms. The zero-order chi connectivity index (χ0) is 13.7. The molecule has 2 rings (SSSR count). The molecule has 0 saturated carbocycles. The summed E-state index contributed by atoms with van der Waals surface area (Å²) in [6.45, 7) is 4.33. The summed E-state index contributed by atoms with van der Waals surface area (Å²) in [4.78, 5) is 0. The second kappa shape index (κ2) is 6.39. The summed E-state index contributed by atoms with van der Waals surface area (Å²) in [5.41, 5.74) is 2.53. The molecule has 0 heterocycles. The Labute approximate surface area is 115 Å². The molecule has 0 spiro atoms. The normalized spacial score (nSPS) is 12.4. The van der Waals surface area contributed by atoms with Gasteiger partial charge < -0.3 is 10.1 Å². The molecule has 0 aliphatic carbocycles. The molecule has 100 valence electrons. The molecule has 1 atom stereocenters. The largest absolute Gasteiger partial charge is 0.497 e. The monoisotopic (exact) mass is 255 g/mol. The Morgan fingerprint density at radius 1 is 0.842 bits per heavy atom. The number of methoxy groups -OCH3 is 1. The first-order valence-corrected chi connectivity index (χ1v) is 6.65. The van der Waals surface area contributed by atoms with Crippen LogP contribution < -0.4 is 10.1 Å². The molecule has 2 heteroatoms. The first-order valence-electron chi connectivity index (χ1n) is 6.65. The second-order valence-electron chi connectivity index (χ2n) is 4.94. The van der Waals surface area contributed by atoms with Crippen molar-refractivity contribution >= 4 is 0 Å². The highest BCUT2D eigenvalue weighted by molar-refractivity contribution is 5.35. The molecule has 0 aliphatic rings. The van der Waals surface area contributed by atoms with Gasteiger partial charge in [-0.15, -0.1) is 0 Å². The predicted molar refractivity (Wildman–Crippen MR) is 79.6 cm³/mol. The smallest absolute Gasteiger partial charge is 0.118 e. The highest BCUT2D eigenvalue weighted by Crippen LogP contribution is 2.24.